The molecule has 0 spiro atoms. The highest BCUT2D eigenvalue weighted by atomic mass is 19.1. The molecule has 0 saturated heterocycles. The molecular weight excluding hydrogens is 313 g/mol. The lowest BCUT2D eigenvalue weighted by molar-refractivity contribution is 0.290. The molecule has 25 heavy (non-hydrogen) atoms. The van der Waals surface area contributed by atoms with Crippen molar-refractivity contribution in [2.75, 3.05) is 6.61 Å². The van der Waals surface area contributed by atoms with Gasteiger partial charge in [0, 0.05) is 5.56 Å². The van der Waals surface area contributed by atoms with E-state index in [9.17, 15) is 4.39 Å². The van der Waals surface area contributed by atoms with Crippen molar-refractivity contribution in [3.05, 3.63) is 47.9 Å². The van der Waals surface area contributed by atoms with Crippen molar-refractivity contribution < 1.29 is 9.13 Å². The molecule has 0 bridgehead atoms. The maximum atomic E-state index is 14.1. The number of unbranched alkanes of at least 4 members (excludes halogenated alkanes) is 1. The fourth-order valence-corrected chi connectivity index (χ4v) is 3.54. The Balaban J connectivity index is 1.68. The fourth-order valence-electron chi connectivity index (χ4n) is 3.54. The second-order valence-corrected chi connectivity index (χ2v) is 7.27. The van der Waals surface area contributed by atoms with Gasteiger partial charge in [-0.05, 0) is 48.8 Å². The van der Waals surface area contributed by atoms with E-state index in [0.717, 1.165) is 24.3 Å². The summed E-state index contributed by atoms with van der Waals surface area (Å²) in [4.78, 5) is 4.08. The Bertz CT molecular complexity index is 675. The van der Waals surface area contributed by atoms with Crippen molar-refractivity contribution in [1.82, 2.24) is 4.98 Å². The molecule has 1 saturated carbocycles. The van der Waals surface area contributed by atoms with Crippen LogP contribution in [-0.2, 0) is 0 Å². The van der Waals surface area contributed by atoms with Gasteiger partial charge in [0.05, 0.1) is 12.3 Å². The minimum Gasteiger partial charge on any atom is -0.489 e. The first-order valence-corrected chi connectivity index (χ1v) is 9.57. The maximum Gasteiger partial charge on any atom is 0.255 e. The minimum atomic E-state index is -0.529. The van der Waals surface area contributed by atoms with Crippen LogP contribution < -0.4 is 4.74 Å². The summed E-state index contributed by atoms with van der Waals surface area (Å²) in [6, 6.07) is 12.0. The SMILES string of the molecule is CCCCOc1ccc(-c2ccc(C3CCC(C)CC3)cc2)nc1F. The molecule has 2 nitrogen and oxygen atoms in total. The first-order valence-electron chi connectivity index (χ1n) is 9.57. The normalized spacial score (nSPS) is 20.4. The van der Waals surface area contributed by atoms with Crippen LogP contribution in [0.15, 0.2) is 36.4 Å². The molecule has 1 heterocycles. The van der Waals surface area contributed by atoms with Crippen LogP contribution in [0.3, 0.4) is 0 Å². The highest BCUT2D eigenvalue weighted by Crippen LogP contribution is 2.36. The molecule has 2 aromatic rings. The Hall–Kier alpha value is -1.90. The summed E-state index contributed by atoms with van der Waals surface area (Å²) in [6.07, 6.45) is 7.13. The maximum absolute atomic E-state index is 14.1. The van der Waals surface area contributed by atoms with Gasteiger partial charge in [0.1, 0.15) is 0 Å². The predicted octanol–water partition coefficient (Wildman–Crippen LogP) is 6.36. The second-order valence-electron chi connectivity index (χ2n) is 7.27. The van der Waals surface area contributed by atoms with Crippen LogP contribution in [0.5, 0.6) is 5.75 Å². The van der Waals surface area contributed by atoms with Gasteiger partial charge < -0.3 is 4.74 Å². The minimum absolute atomic E-state index is 0.241. The second kappa shape index (κ2) is 8.46. The summed E-state index contributed by atoms with van der Waals surface area (Å²) >= 11 is 0. The molecule has 1 aromatic carbocycles. The Kier molecular flexibility index (Phi) is 6.06. The van der Waals surface area contributed by atoms with Gasteiger partial charge in [-0.3, -0.25) is 0 Å². The predicted molar refractivity (Wildman–Crippen MR) is 100 cm³/mol. The van der Waals surface area contributed by atoms with Crippen molar-refractivity contribution >= 4 is 0 Å². The number of ether oxygens (including phenoxy) is 1. The van der Waals surface area contributed by atoms with Crippen LogP contribution in [0.1, 0.15) is 63.9 Å². The van der Waals surface area contributed by atoms with E-state index in [2.05, 4.69) is 43.1 Å². The lowest BCUT2D eigenvalue weighted by atomic mass is 9.79. The van der Waals surface area contributed by atoms with E-state index in [-0.39, 0.29) is 5.75 Å². The van der Waals surface area contributed by atoms with Gasteiger partial charge in [0.15, 0.2) is 5.75 Å². The third-order valence-corrected chi connectivity index (χ3v) is 5.26. The molecule has 0 unspecified atom stereocenters. The van der Waals surface area contributed by atoms with E-state index in [1.54, 1.807) is 6.07 Å². The Morgan fingerprint density at radius 1 is 1.04 bits per heavy atom. The van der Waals surface area contributed by atoms with Gasteiger partial charge in [0.2, 0.25) is 0 Å². The number of hydrogen-bond acceptors (Lipinski definition) is 2. The number of pyridine rings is 1. The molecule has 1 aromatic heterocycles. The smallest absolute Gasteiger partial charge is 0.255 e. The molecule has 3 rings (SSSR count). The van der Waals surface area contributed by atoms with Gasteiger partial charge in [-0.15, -0.1) is 0 Å². The fraction of sp³-hybridized carbons (Fsp3) is 0.500. The van der Waals surface area contributed by atoms with Gasteiger partial charge in [-0.1, -0.05) is 57.4 Å². The molecular formula is C22H28FNO. The third-order valence-electron chi connectivity index (χ3n) is 5.26. The molecule has 0 atom stereocenters. The third kappa shape index (κ3) is 4.59. The topological polar surface area (TPSA) is 22.1 Å². The van der Waals surface area contributed by atoms with E-state index in [1.807, 2.05) is 6.07 Å². The lowest BCUT2D eigenvalue weighted by Crippen LogP contribution is -2.10. The summed E-state index contributed by atoms with van der Waals surface area (Å²) in [5, 5.41) is 0. The zero-order chi connectivity index (χ0) is 17.6. The van der Waals surface area contributed by atoms with E-state index < -0.39 is 5.95 Å². The van der Waals surface area contributed by atoms with Crippen LogP contribution in [0.2, 0.25) is 0 Å². The average molecular weight is 341 g/mol. The summed E-state index contributed by atoms with van der Waals surface area (Å²) in [5.74, 6) is 1.24. The summed E-state index contributed by atoms with van der Waals surface area (Å²) in [7, 11) is 0. The molecule has 0 aliphatic heterocycles. The molecule has 3 heteroatoms. The Morgan fingerprint density at radius 3 is 2.40 bits per heavy atom. The number of aromatic nitrogens is 1. The van der Waals surface area contributed by atoms with Crippen molar-refractivity contribution in [2.45, 2.75) is 58.3 Å². The van der Waals surface area contributed by atoms with Crippen LogP contribution in [0, 0.1) is 11.9 Å². The van der Waals surface area contributed by atoms with Crippen molar-refractivity contribution in [3.8, 4) is 17.0 Å². The highest BCUT2D eigenvalue weighted by molar-refractivity contribution is 5.60. The van der Waals surface area contributed by atoms with Gasteiger partial charge >= 0.3 is 0 Å². The summed E-state index contributed by atoms with van der Waals surface area (Å²) < 4.78 is 19.6. The number of benzene rings is 1. The first-order chi connectivity index (χ1) is 12.2. The zero-order valence-corrected chi connectivity index (χ0v) is 15.3. The summed E-state index contributed by atoms with van der Waals surface area (Å²) in [6.45, 7) is 4.96. The van der Waals surface area contributed by atoms with Crippen molar-refractivity contribution in [1.29, 1.82) is 0 Å². The number of nitrogens with zero attached hydrogens (tertiary/aromatic N) is 1. The van der Waals surface area contributed by atoms with E-state index in [0.29, 0.717) is 18.2 Å². The van der Waals surface area contributed by atoms with Gasteiger partial charge in [-0.2, -0.15) is 4.39 Å². The van der Waals surface area contributed by atoms with E-state index >= 15 is 0 Å². The highest BCUT2D eigenvalue weighted by Gasteiger charge is 2.19. The molecule has 1 aliphatic carbocycles. The standard InChI is InChI=1S/C22H28FNO/c1-3-4-15-25-21-14-13-20(24-22(21)23)19-11-9-18(10-12-19)17-7-5-16(2)6-8-17/h9-14,16-17H,3-8,15H2,1-2H3. The van der Waals surface area contributed by atoms with Crippen molar-refractivity contribution in [3.63, 3.8) is 0 Å². The molecule has 1 fully saturated rings. The van der Waals surface area contributed by atoms with Crippen LogP contribution in [0.4, 0.5) is 4.39 Å². The molecule has 0 amide bonds. The molecule has 134 valence electrons. The lowest BCUT2D eigenvalue weighted by Gasteiger charge is -2.26. The number of halogens is 1. The molecule has 0 N–H and O–H groups in total. The summed E-state index contributed by atoms with van der Waals surface area (Å²) in [5.41, 5.74) is 3.01. The van der Waals surface area contributed by atoms with Gasteiger partial charge in [0.25, 0.3) is 5.95 Å². The largest absolute Gasteiger partial charge is 0.489 e. The molecule has 0 radical (unpaired) electrons. The quantitative estimate of drug-likeness (QED) is 0.450. The monoisotopic (exact) mass is 341 g/mol. The number of hydrogen-bond donors (Lipinski definition) is 0. The first kappa shape index (κ1) is 17.9. The Morgan fingerprint density at radius 2 is 1.76 bits per heavy atom. The zero-order valence-electron chi connectivity index (χ0n) is 15.3. The van der Waals surface area contributed by atoms with Crippen LogP contribution in [-0.4, -0.2) is 11.6 Å². The van der Waals surface area contributed by atoms with Crippen molar-refractivity contribution in [2.24, 2.45) is 5.92 Å². The van der Waals surface area contributed by atoms with Crippen LogP contribution in [0.25, 0.3) is 11.3 Å². The Labute approximate surface area is 150 Å². The van der Waals surface area contributed by atoms with E-state index in [1.165, 1.54) is 31.2 Å². The molecule has 1 aliphatic rings. The van der Waals surface area contributed by atoms with Crippen LogP contribution >= 0.6 is 0 Å². The number of rotatable bonds is 6. The average Bonchev–Trinajstić information content (AvgIpc) is 2.64. The van der Waals surface area contributed by atoms with E-state index in [4.69, 9.17) is 4.74 Å². The van der Waals surface area contributed by atoms with Gasteiger partial charge in [-0.25, -0.2) is 4.98 Å².